The highest BCUT2D eigenvalue weighted by Gasteiger charge is 2.17. The number of hydrogen-bond acceptors (Lipinski definition) is 6. The molecule has 0 bridgehead atoms. The van der Waals surface area contributed by atoms with E-state index in [-0.39, 0.29) is 6.04 Å². The molecular formula is C10H18N8. The molecule has 8 heteroatoms. The molecule has 0 saturated heterocycles. The molecular weight excluding hydrogens is 232 g/mol. The first kappa shape index (κ1) is 12.3. The first-order chi connectivity index (χ1) is 8.63. The van der Waals surface area contributed by atoms with Crippen molar-refractivity contribution in [3.8, 4) is 0 Å². The lowest BCUT2D eigenvalue weighted by Crippen LogP contribution is -2.14. The number of nitrogen functional groups attached to an aromatic ring is 1. The molecule has 18 heavy (non-hydrogen) atoms. The van der Waals surface area contributed by atoms with Gasteiger partial charge in [-0.05, 0) is 20.3 Å². The summed E-state index contributed by atoms with van der Waals surface area (Å²) >= 11 is 0. The Bertz CT molecular complexity index is 500. The van der Waals surface area contributed by atoms with Gasteiger partial charge in [-0.15, -0.1) is 10.2 Å². The van der Waals surface area contributed by atoms with Gasteiger partial charge in [-0.2, -0.15) is 10.3 Å². The summed E-state index contributed by atoms with van der Waals surface area (Å²) in [6.45, 7) is 6.76. The van der Waals surface area contributed by atoms with Crippen molar-refractivity contribution in [2.24, 2.45) is 0 Å². The lowest BCUT2D eigenvalue weighted by molar-refractivity contribution is 0.597. The number of anilines is 2. The molecule has 0 spiro atoms. The summed E-state index contributed by atoms with van der Waals surface area (Å²) in [5, 5.41) is 21.5. The van der Waals surface area contributed by atoms with Crippen molar-refractivity contribution in [2.45, 2.75) is 39.8 Å². The van der Waals surface area contributed by atoms with Crippen molar-refractivity contribution < 1.29 is 0 Å². The number of rotatable bonds is 5. The molecule has 2 rings (SSSR count). The average molecular weight is 250 g/mol. The van der Waals surface area contributed by atoms with Crippen LogP contribution in [0.25, 0.3) is 0 Å². The highest BCUT2D eigenvalue weighted by Crippen LogP contribution is 2.25. The SMILES string of the molecule is CCCn1nc(C)c(N)c1NC(C)c1nn[nH]n1. The van der Waals surface area contributed by atoms with Crippen molar-refractivity contribution in [1.82, 2.24) is 30.4 Å². The molecule has 0 amide bonds. The van der Waals surface area contributed by atoms with Gasteiger partial charge in [-0.1, -0.05) is 12.1 Å². The minimum atomic E-state index is -0.0854. The van der Waals surface area contributed by atoms with Gasteiger partial charge in [0.05, 0.1) is 17.4 Å². The topological polar surface area (TPSA) is 110 Å². The second kappa shape index (κ2) is 5.03. The molecule has 4 N–H and O–H groups in total. The first-order valence-corrected chi connectivity index (χ1v) is 5.96. The molecule has 98 valence electrons. The third-order valence-corrected chi connectivity index (χ3v) is 2.71. The molecule has 2 aromatic heterocycles. The summed E-state index contributed by atoms with van der Waals surface area (Å²) in [5.41, 5.74) is 7.52. The van der Waals surface area contributed by atoms with E-state index in [2.05, 4.69) is 38.0 Å². The lowest BCUT2D eigenvalue weighted by Gasteiger charge is -2.13. The van der Waals surface area contributed by atoms with Crippen molar-refractivity contribution >= 4 is 11.5 Å². The molecule has 2 heterocycles. The predicted octanol–water partition coefficient (Wildman–Crippen LogP) is 0.870. The summed E-state index contributed by atoms with van der Waals surface area (Å²) in [6.07, 6.45) is 0.992. The smallest absolute Gasteiger partial charge is 0.196 e. The van der Waals surface area contributed by atoms with Gasteiger partial charge in [0.1, 0.15) is 5.82 Å². The fourth-order valence-electron chi connectivity index (χ4n) is 1.74. The third kappa shape index (κ3) is 2.27. The molecule has 0 aliphatic rings. The van der Waals surface area contributed by atoms with Crippen molar-refractivity contribution in [2.75, 3.05) is 11.1 Å². The van der Waals surface area contributed by atoms with E-state index in [4.69, 9.17) is 5.73 Å². The van der Waals surface area contributed by atoms with Crippen LogP contribution in [0.3, 0.4) is 0 Å². The second-order valence-electron chi connectivity index (χ2n) is 4.21. The number of aromatic nitrogens is 6. The van der Waals surface area contributed by atoms with Gasteiger partial charge < -0.3 is 11.1 Å². The summed E-state index contributed by atoms with van der Waals surface area (Å²) in [7, 11) is 0. The molecule has 8 nitrogen and oxygen atoms in total. The van der Waals surface area contributed by atoms with E-state index < -0.39 is 0 Å². The highest BCUT2D eigenvalue weighted by atomic mass is 15.5. The predicted molar refractivity (Wildman–Crippen MR) is 67.9 cm³/mol. The molecule has 0 fully saturated rings. The standard InChI is InChI=1S/C10H18N8/c1-4-5-18-10(8(11)6(2)15-18)12-7(3)9-13-16-17-14-9/h7,12H,4-5,11H2,1-3H3,(H,13,14,16,17). The average Bonchev–Trinajstić information content (AvgIpc) is 2.94. The summed E-state index contributed by atoms with van der Waals surface area (Å²) in [4.78, 5) is 0. The fourth-order valence-corrected chi connectivity index (χ4v) is 1.74. The number of aromatic amines is 1. The molecule has 0 aromatic carbocycles. The number of tetrazole rings is 1. The van der Waals surface area contributed by atoms with E-state index >= 15 is 0 Å². The quantitative estimate of drug-likeness (QED) is 0.726. The monoisotopic (exact) mass is 250 g/mol. The molecule has 1 unspecified atom stereocenters. The maximum Gasteiger partial charge on any atom is 0.196 e. The fraction of sp³-hybridized carbons (Fsp3) is 0.600. The number of nitrogens with zero attached hydrogens (tertiary/aromatic N) is 5. The Morgan fingerprint density at radius 2 is 2.28 bits per heavy atom. The van der Waals surface area contributed by atoms with Gasteiger partial charge in [0.25, 0.3) is 0 Å². The highest BCUT2D eigenvalue weighted by molar-refractivity contribution is 5.65. The Hall–Kier alpha value is -2.12. The molecule has 1 atom stereocenters. The Labute approximate surface area is 105 Å². The van der Waals surface area contributed by atoms with Gasteiger partial charge in [0, 0.05) is 6.54 Å². The zero-order valence-corrected chi connectivity index (χ0v) is 10.8. The second-order valence-corrected chi connectivity index (χ2v) is 4.21. The van der Waals surface area contributed by atoms with Gasteiger partial charge in [-0.25, -0.2) is 4.68 Å². The number of hydrogen-bond donors (Lipinski definition) is 3. The van der Waals surface area contributed by atoms with Crippen molar-refractivity contribution in [1.29, 1.82) is 0 Å². The van der Waals surface area contributed by atoms with E-state index in [1.165, 1.54) is 0 Å². The summed E-state index contributed by atoms with van der Waals surface area (Å²) in [5.74, 6) is 1.41. The maximum atomic E-state index is 6.03. The largest absolute Gasteiger partial charge is 0.394 e. The van der Waals surface area contributed by atoms with Crippen LogP contribution in [0, 0.1) is 6.92 Å². The van der Waals surface area contributed by atoms with E-state index in [1.807, 2.05) is 18.5 Å². The Kier molecular flexibility index (Phi) is 3.45. The van der Waals surface area contributed by atoms with Gasteiger partial charge >= 0.3 is 0 Å². The van der Waals surface area contributed by atoms with Crippen molar-refractivity contribution in [3.05, 3.63) is 11.5 Å². The molecule has 0 radical (unpaired) electrons. The number of H-pyrrole nitrogens is 1. The Morgan fingerprint density at radius 1 is 1.50 bits per heavy atom. The van der Waals surface area contributed by atoms with Crippen LogP contribution in [0.2, 0.25) is 0 Å². The minimum Gasteiger partial charge on any atom is -0.394 e. The van der Waals surface area contributed by atoms with Crippen LogP contribution in [-0.2, 0) is 6.54 Å². The molecule has 0 saturated carbocycles. The Balaban J connectivity index is 2.22. The van der Waals surface area contributed by atoms with Crippen LogP contribution in [0.1, 0.15) is 37.8 Å². The number of aryl methyl sites for hydroxylation is 2. The normalized spacial score (nSPS) is 12.6. The molecule has 2 aromatic rings. The number of nitrogens with one attached hydrogen (secondary N) is 2. The van der Waals surface area contributed by atoms with Crippen LogP contribution in [0.5, 0.6) is 0 Å². The first-order valence-electron chi connectivity index (χ1n) is 5.96. The Morgan fingerprint density at radius 3 is 2.89 bits per heavy atom. The third-order valence-electron chi connectivity index (χ3n) is 2.71. The van der Waals surface area contributed by atoms with E-state index in [1.54, 1.807) is 0 Å². The van der Waals surface area contributed by atoms with E-state index in [9.17, 15) is 0 Å². The van der Waals surface area contributed by atoms with Crippen LogP contribution < -0.4 is 11.1 Å². The van der Waals surface area contributed by atoms with E-state index in [0.29, 0.717) is 11.5 Å². The molecule has 0 aliphatic carbocycles. The van der Waals surface area contributed by atoms with Gasteiger partial charge in [-0.3, -0.25) is 0 Å². The van der Waals surface area contributed by atoms with Crippen molar-refractivity contribution in [3.63, 3.8) is 0 Å². The minimum absolute atomic E-state index is 0.0854. The molecule has 0 aliphatic heterocycles. The summed E-state index contributed by atoms with van der Waals surface area (Å²) in [6, 6.07) is -0.0854. The van der Waals surface area contributed by atoms with E-state index in [0.717, 1.165) is 24.5 Å². The zero-order chi connectivity index (χ0) is 13.1. The van der Waals surface area contributed by atoms with Crippen LogP contribution in [0.15, 0.2) is 0 Å². The van der Waals surface area contributed by atoms with Crippen LogP contribution >= 0.6 is 0 Å². The van der Waals surface area contributed by atoms with Crippen LogP contribution in [-0.4, -0.2) is 30.4 Å². The number of nitrogens with two attached hydrogens (primary N) is 1. The zero-order valence-electron chi connectivity index (χ0n) is 10.8. The van der Waals surface area contributed by atoms with Gasteiger partial charge in [0.15, 0.2) is 5.82 Å². The van der Waals surface area contributed by atoms with Crippen LogP contribution in [0.4, 0.5) is 11.5 Å². The maximum absolute atomic E-state index is 6.03. The summed E-state index contributed by atoms with van der Waals surface area (Å²) < 4.78 is 1.88. The van der Waals surface area contributed by atoms with Gasteiger partial charge in [0.2, 0.25) is 0 Å². The lowest BCUT2D eigenvalue weighted by atomic mass is 10.3.